The van der Waals surface area contributed by atoms with Crippen LogP contribution in [0.25, 0.3) is 10.1 Å². The van der Waals surface area contributed by atoms with Crippen molar-refractivity contribution in [1.29, 1.82) is 0 Å². The molecule has 3 heteroatoms. The van der Waals surface area contributed by atoms with E-state index in [1.807, 2.05) is 54.6 Å². The van der Waals surface area contributed by atoms with Crippen LogP contribution in [-0.2, 0) is 6.42 Å². The highest BCUT2D eigenvalue weighted by Crippen LogP contribution is 2.19. The van der Waals surface area contributed by atoms with Gasteiger partial charge in [0, 0.05) is 11.1 Å². The number of rotatable bonds is 2. The number of hydrogen-bond acceptors (Lipinski definition) is 3. The van der Waals surface area contributed by atoms with Gasteiger partial charge in [-0.25, -0.2) is 4.98 Å². The Kier molecular flexibility index (Phi) is 2.90. The van der Waals surface area contributed by atoms with Crippen LogP contribution in [0.3, 0.4) is 0 Å². The van der Waals surface area contributed by atoms with Crippen molar-refractivity contribution in [2.75, 3.05) is 0 Å². The van der Waals surface area contributed by atoms with Crippen LogP contribution in [0, 0.1) is 0 Å². The molecule has 0 saturated carbocycles. The molecule has 0 radical (unpaired) electrons. The van der Waals surface area contributed by atoms with E-state index in [4.69, 9.17) is 0 Å². The second-order valence-corrected chi connectivity index (χ2v) is 5.19. The van der Waals surface area contributed by atoms with E-state index in [2.05, 4.69) is 4.98 Å². The lowest BCUT2D eigenvalue weighted by atomic mass is 10.2. The topological polar surface area (TPSA) is 30.0 Å². The molecule has 0 amide bonds. The Bertz CT molecular complexity index is 734. The van der Waals surface area contributed by atoms with Crippen molar-refractivity contribution >= 4 is 21.4 Å². The average molecular weight is 253 g/mol. The van der Waals surface area contributed by atoms with E-state index in [1.54, 1.807) is 11.3 Å². The summed E-state index contributed by atoms with van der Waals surface area (Å²) in [5.41, 5.74) is 1.05. The zero-order chi connectivity index (χ0) is 12.4. The molecule has 2 aromatic carbocycles. The molecule has 0 saturated heterocycles. The highest BCUT2D eigenvalue weighted by molar-refractivity contribution is 7.18. The van der Waals surface area contributed by atoms with Gasteiger partial charge in [-0.3, -0.25) is 4.79 Å². The second kappa shape index (κ2) is 4.70. The maximum absolute atomic E-state index is 11.9. The van der Waals surface area contributed by atoms with E-state index in [0.717, 1.165) is 9.71 Å². The third-order valence-corrected chi connectivity index (χ3v) is 3.82. The molecule has 2 nitrogen and oxygen atoms in total. The van der Waals surface area contributed by atoms with Crippen molar-refractivity contribution in [3.8, 4) is 0 Å². The molecule has 0 aliphatic rings. The van der Waals surface area contributed by atoms with Crippen molar-refractivity contribution in [3.63, 3.8) is 0 Å². The summed E-state index contributed by atoms with van der Waals surface area (Å²) < 4.78 is 1.00. The molecule has 0 spiro atoms. The summed E-state index contributed by atoms with van der Waals surface area (Å²) in [6, 6.07) is 17.7. The number of fused-ring (bicyclic) bond motifs is 1. The molecule has 88 valence electrons. The fourth-order valence-corrected chi connectivity index (χ4v) is 2.93. The number of hydrogen-bond donors (Lipinski definition) is 0. The molecule has 1 heterocycles. The van der Waals surface area contributed by atoms with Crippen molar-refractivity contribution < 1.29 is 0 Å². The normalized spacial score (nSPS) is 10.7. The molecule has 0 atom stereocenters. The maximum atomic E-state index is 11.9. The second-order valence-electron chi connectivity index (χ2n) is 4.07. The highest BCUT2D eigenvalue weighted by Gasteiger charge is 2.04. The van der Waals surface area contributed by atoms with Gasteiger partial charge < -0.3 is 0 Å². The standard InChI is InChI=1S/C15H11NOS/c17-15-12-8-4-5-9-13(12)18-14(16-15)10-11-6-2-1-3-7-11/h1-9H,10H2. The Labute approximate surface area is 109 Å². The smallest absolute Gasteiger partial charge is 0.267 e. The van der Waals surface area contributed by atoms with Crippen molar-refractivity contribution in [3.05, 3.63) is 75.5 Å². The Hall–Kier alpha value is -2.00. The van der Waals surface area contributed by atoms with Gasteiger partial charge in [0.05, 0.1) is 5.39 Å². The quantitative estimate of drug-likeness (QED) is 0.701. The third kappa shape index (κ3) is 2.17. The molecule has 0 aliphatic carbocycles. The van der Waals surface area contributed by atoms with E-state index < -0.39 is 0 Å². The minimum atomic E-state index is -0.129. The van der Waals surface area contributed by atoms with E-state index >= 15 is 0 Å². The Morgan fingerprint density at radius 2 is 1.67 bits per heavy atom. The Morgan fingerprint density at radius 3 is 2.50 bits per heavy atom. The Balaban J connectivity index is 2.06. The summed E-state index contributed by atoms with van der Waals surface area (Å²) in [7, 11) is 0. The average Bonchev–Trinajstić information content (AvgIpc) is 2.40. The summed E-state index contributed by atoms with van der Waals surface area (Å²) in [4.78, 5) is 16.0. The van der Waals surface area contributed by atoms with Gasteiger partial charge >= 0.3 is 0 Å². The van der Waals surface area contributed by atoms with Gasteiger partial charge in [-0.1, -0.05) is 42.5 Å². The van der Waals surface area contributed by atoms with Crippen molar-refractivity contribution in [2.24, 2.45) is 0 Å². The molecule has 0 bridgehead atoms. The SMILES string of the molecule is O=c1nc(Cc2ccccc2)sc2ccccc12. The molecule has 1 aromatic heterocycles. The predicted molar refractivity (Wildman–Crippen MR) is 75.1 cm³/mol. The fourth-order valence-electron chi connectivity index (χ4n) is 1.90. The van der Waals surface area contributed by atoms with Gasteiger partial charge in [0.1, 0.15) is 5.01 Å². The lowest BCUT2D eigenvalue weighted by Crippen LogP contribution is -2.07. The monoisotopic (exact) mass is 253 g/mol. The number of aromatic nitrogens is 1. The summed E-state index contributed by atoms with van der Waals surface area (Å²) in [6.07, 6.45) is 0.714. The molecule has 0 unspecified atom stereocenters. The van der Waals surface area contributed by atoms with Crippen molar-refractivity contribution in [2.45, 2.75) is 6.42 Å². The van der Waals surface area contributed by atoms with E-state index in [0.29, 0.717) is 11.8 Å². The largest absolute Gasteiger partial charge is 0.279 e. The molecular formula is C15H11NOS. The van der Waals surface area contributed by atoms with Crippen LogP contribution in [0.1, 0.15) is 10.6 Å². The summed E-state index contributed by atoms with van der Waals surface area (Å²) in [6.45, 7) is 0. The number of benzene rings is 2. The molecule has 3 rings (SSSR count). The van der Waals surface area contributed by atoms with Gasteiger partial charge in [0.15, 0.2) is 0 Å². The van der Waals surface area contributed by atoms with Gasteiger partial charge in [0.2, 0.25) is 0 Å². The lowest BCUT2D eigenvalue weighted by molar-refractivity contribution is 1.10. The first kappa shape index (κ1) is 11.1. The summed E-state index contributed by atoms with van der Waals surface area (Å²) in [5.74, 6) is 0. The minimum Gasteiger partial charge on any atom is -0.267 e. The van der Waals surface area contributed by atoms with Gasteiger partial charge in [-0.2, -0.15) is 0 Å². The van der Waals surface area contributed by atoms with Crippen LogP contribution in [0.4, 0.5) is 0 Å². The van der Waals surface area contributed by atoms with E-state index in [-0.39, 0.29) is 5.56 Å². The maximum Gasteiger partial charge on any atom is 0.279 e. The molecule has 0 fully saturated rings. The lowest BCUT2D eigenvalue weighted by Gasteiger charge is -2.01. The summed E-state index contributed by atoms with van der Waals surface area (Å²) >= 11 is 1.58. The van der Waals surface area contributed by atoms with Crippen LogP contribution in [0.5, 0.6) is 0 Å². The number of nitrogens with zero attached hydrogens (tertiary/aromatic N) is 1. The zero-order valence-corrected chi connectivity index (χ0v) is 10.5. The van der Waals surface area contributed by atoms with E-state index in [9.17, 15) is 4.79 Å². The first-order valence-corrected chi connectivity index (χ1v) is 6.57. The Morgan fingerprint density at radius 1 is 0.944 bits per heavy atom. The minimum absolute atomic E-state index is 0.129. The molecule has 18 heavy (non-hydrogen) atoms. The zero-order valence-electron chi connectivity index (χ0n) is 9.67. The summed E-state index contributed by atoms with van der Waals surface area (Å²) in [5, 5.41) is 1.57. The third-order valence-electron chi connectivity index (χ3n) is 2.77. The molecule has 3 aromatic rings. The van der Waals surface area contributed by atoms with Gasteiger partial charge in [-0.05, 0) is 17.7 Å². The van der Waals surface area contributed by atoms with Crippen LogP contribution >= 0.6 is 11.3 Å². The molecular weight excluding hydrogens is 242 g/mol. The van der Waals surface area contributed by atoms with Crippen LogP contribution in [0.2, 0.25) is 0 Å². The fraction of sp³-hybridized carbons (Fsp3) is 0.0667. The first-order chi connectivity index (χ1) is 8.83. The van der Waals surface area contributed by atoms with E-state index in [1.165, 1.54) is 5.56 Å². The van der Waals surface area contributed by atoms with Gasteiger partial charge in [-0.15, -0.1) is 11.3 Å². The molecule has 0 aliphatic heterocycles. The first-order valence-electron chi connectivity index (χ1n) is 5.75. The van der Waals surface area contributed by atoms with Crippen molar-refractivity contribution in [1.82, 2.24) is 4.98 Å². The predicted octanol–water partition coefficient (Wildman–Crippen LogP) is 3.25. The van der Waals surface area contributed by atoms with Crippen LogP contribution in [-0.4, -0.2) is 4.98 Å². The van der Waals surface area contributed by atoms with Gasteiger partial charge in [0.25, 0.3) is 5.56 Å². The highest BCUT2D eigenvalue weighted by atomic mass is 32.1. The van der Waals surface area contributed by atoms with Crippen LogP contribution in [0.15, 0.2) is 59.4 Å². The van der Waals surface area contributed by atoms with Crippen LogP contribution < -0.4 is 5.56 Å². The molecule has 0 N–H and O–H groups in total.